The normalized spacial score (nSPS) is 12.1. The van der Waals surface area contributed by atoms with Gasteiger partial charge in [-0.3, -0.25) is 0 Å². The predicted octanol–water partition coefficient (Wildman–Crippen LogP) is 13.3. The molecular formula is C60H40N2SSi. The number of para-hydroxylation sites is 3. The SMILES string of the molecule is c1ccc([Si](c2ccccc2)(c2ccccc2)c2ccc(-n3c4ccccc4c4cccc(-n5c6ccccc6c6c(-c7cccc8sc9ccccc9c78)cccc65)c43)cc2)cc1. The van der Waals surface area contributed by atoms with Gasteiger partial charge in [0.25, 0.3) is 0 Å². The van der Waals surface area contributed by atoms with E-state index in [2.05, 4.69) is 252 Å². The molecule has 2 nitrogen and oxygen atoms in total. The topological polar surface area (TPSA) is 9.86 Å². The Labute approximate surface area is 376 Å². The van der Waals surface area contributed by atoms with Gasteiger partial charge in [0.2, 0.25) is 0 Å². The highest BCUT2D eigenvalue weighted by atomic mass is 32.1. The highest BCUT2D eigenvalue weighted by molar-refractivity contribution is 7.26. The summed E-state index contributed by atoms with van der Waals surface area (Å²) in [7, 11) is -2.71. The second kappa shape index (κ2) is 14.7. The van der Waals surface area contributed by atoms with Gasteiger partial charge in [-0.05, 0) is 80.4 Å². The Morgan fingerprint density at radius 2 is 0.766 bits per heavy atom. The largest absolute Gasteiger partial charge is 0.307 e. The van der Waals surface area contributed by atoms with Gasteiger partial charge < -0.3 is 9.13 Å². The van der Waals surface area contributed by atoms with Gasteiger partial charge in [-0.15, -0.1) is 11.3 Å². The van der Waals surface area contributed by atoms with E-state index in [1.165, 1.54) is 95.7 Å². The summed E-state index contributed by atoms with van der Waals surface area (Å²) < 4.78 is 7.66. The van der Waals surface area contributed by atoms with Crippen molar-refractivity contribution in [3.8, 4) is 22.5 Å². The van der Waals surface area contributed by atoms with Crippen LogP contribution in [0.1, 0.15) is 0 Å². The van der Waals surface area contributed by atoms with Crippen molar-refractivity contribution in [2.75, 3.05) is 0 Å². The molecule has 64 heavy (non-hydrogen) atoms. The van der Waals surface area contributed by atoms with Crippen LogP contribution in [-0.2, 0) is 0 Å². The zero-order valence-corrected chi connectivity index (χ0v) is 36.7. The Morgan fingerprint density at radius 3 is 1.44 bits per heavy atom. The van der Waals surface area contributed by atoms with E-state index in [4.69, 9.17) is 0 Å². The lowest BCUT2D eigenvalue weighted by atomic mass is 9.95. The van der Waals surface area contributed by atoms with Crippen LogP contribution in [0.15, 0.2) is 243 Å². The third-order valence-electron chi connectivity index (χ3n) is 13.5. The molecule has 4 heteroatoms. The average Bonchev–Trinajstić information content (AvgIpc) is 4.04. The summed E-state index contributed by atoms with van der Waals surface area (Å²) in [6.07, 6.45) is 0. The fourth-order valence-electron chi connectivity index (χ4n) is 10.9. The van der Waals surface area contributed by atoms with Crippen LogP contribution in [0.2, 0.25) is 0 Å². The quantitative estimate of drug-likeness (QED) is 0.112. The molecule has 0 bridgehead atoms. The molecule has 0 aliphatic heterocycles. The summed E-state index contributed by atoms with van der Waals surface area (Å²) in [5.41, 5.74) is 9.58. The number of rotatable bonds is 7. The Balaban J connectivity index is 1.07. The van der Waals surface area contributed by atoms with Gasteiger partial charge in [0.1, 0.15) is 0 Å². The van der Waals surface area contributed by atoms with E-state index in [1.54, 1.807) is 0 Å². The maximum Gasteiger partial charge on any atom is 0.179 e. The Kier molecular flexibility index (Phi) is 8.45. The van der Waals surface area contributed by atoms with Crippen molar-refractivity contribution in [3.63, 3.8) is 0 Å². The van der Waals surface area contributed by atoms with Gasteiger partial charge in [-0.25, -0.2) is 0 Å². The molecule has 0 aliphatic rings. The van der Waals surface area contributed by atoms with E-state index in [0.717, 1.165) is 11.4 Å². The number of hydrogen-bond acceptors (Lipinski definition) is 1. The van der Waals surface area contributed by atoms with Crippen LogP contribution in [0.4, 0.5) is 0 Å². The fourth-order valence-corrected chi connectivity index (χ4v) is 16.8. The molecule has 0 spiro atoms. The first-order valence-electron chi connectivity index (χ1n) is 22.0. The number of aromatic nitrogens is 2. The fraction of sp³-hybridized carbons (Fsp3) is 0. The van der Waals surface area contributed by atoms with E-state index in [-0.39, 0.29) is 0 Å². The predicted molar refractivity (Wildman–Crippen MR) is 277 cm³/mol. The second-order valence-corrected chi connectivity index (χ2v) is 21.6. The molecule has 10 aromatic carbocycles. The molecule has 0 atom stereocenters. The van der Waals surface area contributed by atoms with E-state index >= 15 is 0 Å². The number of fused-ring (bicyclic) bond motifs is 9. The third kappa shape index (κ3) is 5.37. The van der Waals surface area contributed by atoms with Gasteiger partial charge in [0.15, 0.2) is 8.07 Å². The van der Waals surface area contributed by atoms with Crippen LogP contribution < -0.4 is 20.7 Å². The van der Waals surface area contributed by atoms with Crippen LogP contribution in [0.5, 0.6) is 0 Å². The lowest BCUT2D eigenvalue weighted by Gasteiger charge is -2.34. The van der Waals surface area contributed by atoms with Crippen molar-refractivity contribution < 1.29 is 0 Å². The van der Waals surface area contributed by atoms with E-state index in [0.29, 0.717) is 0 Å². The van der Waals surface area contributed by atoms with Gasteiger partial charge in [-0.1, -0.05) is 194 Å². The van der Waals surface area contributed by atoms with Crippen molar-refractivity contribution in [2.45, 2.75) is 0 Å². The molecule has 0 unspecified atom stereocenters. The number of benzene rings is 10. The monoisotopic (exact) mass is 848 g/mol. The molecule has 300 valence electrons. The second-order valence-electron chi connectivity index (χ2n) is 16.8. The Bertz CT molecular complexity index is 3790. The number of hydrogen-bond donors (Lipinski definition) is 0. The zero-order valence-electron chi connectivity index (χ0n) is 34.9. The van der Waals surface area contributed by atoms with Crippen molar-refractivity contribution in [2.24, 2.45) is 0 Å². The minimum absolute atomic E-state index is 1.14. The number of thiophene rings is 1. The molecule has 0 saturated heterocycles. The van der Waals surface area contributed by atoms with Crippen molar-refractivity contribution in [1.82, 2.24) is 9.13 Å². The van der Waals surface area contributed by atoms with E-state index in [9.17, 15) is 0 Å². The Morgan fingerprint density at radius 1 is 0.297 bits per heavy atom. The molecule has 0 N–H and O–H groups in total. The molecule has 0 amide bonds. The molecular weight excluding hydrogens is 809 g/mol. The van der Waals surface area contributed by atoms with Gasteiger partial charge in [0.05, 0.1) is 27.8 Å². The summed E-state index contributed by atoms with van der Waals surface area (Å²) in [5.74, 6) is 0. The standard InChI is InChI=1S/C60H40N2SSi/c1-4-19-42(20-5-1)64(43-21-6-2-7-22-43,44-23-8-3-9-24-44)45-39-37-41(38-40-45)61-52-31-13-10-25-46(52)49-30-17-34-55(60(49)61)62-53-32-14-11-26-50(53)58-47(28-16-33-54(58)62)48-29-18-36-57-59(48)51-27-12-15-35-56(51)63-57/h1-40H. The summed E-state index contributed by atoms with van der Waals surface area (Å²) in [5, 5.41) is 13.1. The molecule has 3 aromatic heterocycles. The van der Waals surface area contributed by atoms with Gasteiger partial charge in [0, 0.05) is 47.4 Å². The Hall–Kier alpha value is -7.76. The summed E-state index contributed by atoms with van der Waals surface area (Å²) in [6, 6.07) is 90.4. The molecule has 3 heterocycles. The lowest BCUT2D eigenvalue weighted by Crippen LogP contribution is -2.74. The minimum atomic E-state index is -2.71. The zero-order chi connectivity index (χ0) is 42.2. The van der Waals surface area contributed by atoms with Crippen molar-refractivity contribution in [3.05, 3.63) is 243 Å². The van der Waals surface area contributed by atoms with Crippen LogP contribution in [0.25, 0.3) is 86.3 Å². The average molecular weight is 849 g/mol. The first-order chi connectivity index (χ1) is 31.8. The lowest BCUT2D eigenvalue weighted by molar-refractivity contribution is 1.13. The van der Waals surface area contributed by atoms with E-state index in [1.807, 2.05) is 11.3 Å². The van der Waals surface area contributed by atoms with Crippen LogP contribution in [0.3, 0.4) is 0 Å². The summed E-state index contributed by atoms with van der Waals surface area (Å²) in [6.45, 7) is 0. The van der Waals surface area contributed by atoms with Crippen molar-refractivity contribution >= 4 is 104 Å². The van der Waals surface area contributed by atoms with Gasteiger partial charge >= 0.3 is 0 Å². The molecule has 13 aromatic rings. The molecule has 0 aliphatic carbocycles. The molecule has 0 fully saturated rings. The summed E-state index contributed by atoms with van der Waals surface area (Å²) >= 11 is 1.88. The maximum absolute atomic E-state index is 2.71. The van der Waals surface area contributed by atoms with Gasteiger partial charge in [-0.2, -0.15) is 0 Å². The van der Waals surface area contributed by atoms with Crippen LogP contribution >= 0.6 is 11.3 Å². The highest BCUT2D eigenvalue weighted by Gasteiger charge is 2.41. The first kappa shape index (κ1) is 36.9. The number of nitrogens with zero attached hydrogens (tertiary/aromatic N) is 2. The summed E-state index contributed by atoms with van der Waals surface area (Å²) in [4.78, 5) is 0. The first-order valence-corrected chi connectivity index (χ1v) is 24.8. The van der Waals surface area contributed by atoms with Crippen LogP contribution in [-0.4, -0.2) is 17.2 Å². The van der Waals surface area contributed by atoms with E-state index < -0.39 is 8.07 Å². The third-order valence-corrected chi connectivity index (χ3v) is 19.4. The molecule has 13 rings (SSSR count). The molecule has 0 radical (unpaired) electrons. The van der Waals surface area contributed by atoms with Crippen molar-refractivity contribution in [1.29, 1.82) is 0 Å². The highest BCUT2D eigenvalue weighted by Crippen LogP contribution is 2.46. The molecule has 0 saturated carbocycles. The minimum Gasteiger partial charge on any atom is -0.307 e. The van der Waals surface area contributed by atoms with Crippen LogP contribution in [0, 0.1) is 0 Å². The maximum atomic E-state index is 2.52. The smallest absolute Gasteiger partial charge is 0.179 e.